The zero-order valence-corrected chi connectivity index (χ0v) is 20.7. The van der Waals surface area contributed by atoms with Gasteiger partial charge in [-0.2, -0.15) is 0 Å². The summed E-state index contributed by atoms with van der Waals surface area (Å²) >= 11 is 2.41. The number of ether oxygens (including phenoxy) is 2. The van der Waals surface area contributed by atoms with Crippen LogP contribution in [0.2, 0.25) is 0 Å². The molecule has 0 radical (unpaired) electrons. The van der Waals surface area contributed by atoms with Gasteiger partial charge in [-0.15, -0.1) is 0 Å². The second kappa shape index (κ2) is 13.9. The molecule has 0 spiro atoms. The maximum Gasteiger partial charge on any atom is 0.337 e. The molecule has 3 rings (SSSR count). The first kappa shape index (κ1) is 27.7. The minimum absolute atomic E-state index is 0.331. The summed E-state index contributed by atoms with van der Waals surface area (Å²) in [5.74, 6) is -6.06. The number of pyridine rings is 2. The van der Waals surface area contributed by atoms with Gasteiger partial charge in [0.15, 0.2) is 23.3 Å². The molecule has 6 nitrogen and oxygen atoms in total. The second-order valence-corrected chi connectivity index (χ2v) is 7.50. The molecule has 1 aromatic carbocycles. The smallest absolute Gasteiger partial charge is 0.337 e. The van der Waals surface area contributed by atoms with Gasteiger partial charge in [-0.05, 0) is 69.4 Å². The highest BCUT2D eigenvalue weighted by Crippen LogP contribution is 2.25. The lowest BCUT2D eigenvalue weighted by atomic mass is 10.3. The maximum absolute atomic E-state index is 12.6. The number of hydrogen-bond acceptors (Lipinski definition) is 6. The Labute approximate surface area is 207 Å². The minimum Gasteiger partial charge on any atom is -0.465 e. The maximum atomic E-state index is 12.6. The first-order valence-electron chi connectivity index (χ1n) is 8.29. The standard InChI is InChI=1S/2C7H7NO2.C6F4I2/c2*1-10-7(9)6-2-4-8-5-3-6;7-1-2(8)6(12)4(10)3(9)5(1)11/h2*2-5H,1H3;. The number of hydrogen-bond donors (Lipinski definition) is 0. The van der Waals surface area contributed by atoms with E-state index in [1.54, 1.807) is 49.1 Å². The van der Waals surface area contributed by atoms with Crippen molar-refractivity contribution in [3.63, 3.8) is 0 Å². The predicted octanol–water partition coefficient (Wildman–Crippen LogP) is 5.19. The number of carbonyl (C=O) groups excluding carboxylic acids is 2. The molecule has 0 aliphatic carbocycles. The van der Waals surface area contributed by atoms with E-state index in [0.29, 0.717) is 11.1 Å². The molecular weight excluding hydrogens is 662 g/mol. The topological polar surface area (TPSA) is 78.4 Å². The van der Waals surface area contributed by atoms with Crippen molar-refractivity contribution in [1.82, 2.24) is 9.97 Å². The van der Waals surface area contributed by atoms with Crippen molar-refractivity contribution in [1.29, 1.82) is 0 Å². The van der Waals surface area contributed by atoms with Crippen molar-refractivity contribution in [3.05, 3.63) is 90.6 Å². The molecule has 0 aliphatic rings. The van der Waals surface area contributed by atoms with Crippen LogP contribution < -0.4 is 0 Å². The van der Waals surface area contributed by atoms with Crippen LogP contribution in [0.1, 0.15) is 20.7 Å². The first-order valence-corrected chi connectivity index (χ1v) is 10.4. The number of methoxy groups -OCH3 is 2. The van der Waals surface area contributed by atoms with E-state index < -0.39 is 30.4 Å². The van der Waals surface area contributed by atoms with Gasteiger partial charge in [0.05, 0.1) is 32.5 Å². The summed E-state index contributed by atoms with van der Waals surface area (Å²) in [4.78, 5) is 29.0. The first-order chi connectivity index (χ1) is 15.1. The third-order valence-electron chi connectivity index (χ3n) is 3.36. The average molecular weight is 676 g/mol. The number of halogens is 6. The third kappa shape index (κ3) is 7.96. The largest absolute Gasteiger partial charge is 0.465 e. The van der Waals surface area contributed by atoms with E-state index in [1.807, 2.05) is 0 Å². The Morgan fingerprint density at radius 3 is 1.12 bits per heavy atom. The monoisotopic (exact) mass is 676 g/mol. The molecule has 170 valence electrons. The lowest BCUT2D eigenvalue weighted by Crippen LogP contribution is -2.02. The minimum atomic E-state index is -1.35. The highest BCUT2D eigenvalue weighted by molar-refractivity contribution is 14.1. The van der Waals surface area contributed by atoms with Gasteiger partial charge in [-0.1, -0.05) is 0 Å². The summed E-state index contributed by atoms with van der Waals surface area (Å²) in [6, 6.07) is 6.41. The lowest BCUT2D eigenvalue weighted by molar-refractivity contribution is 0.0591. The van der Waals surface area contributed by atoms with E-state index in [4.69, 9.17) is 0 Å². The van der Waals surface area contributed by atoms with Crippen LogP contribution in [0, 0.1) is 30.4 Å². The van der Waals surface area contributed by atoms with Crippen LogP contribution in [-0.2, 0) is 9.47 Å². The van der Waals surface area contributed by atoms with E-state index in [1.165, 1.54) is 59.4 Å². The SMILES string of the molecule is COC(=O)c1ccncc1.COC(=O)c1ccncc1.Fc1c(F)c(I)c(F)c(F)c1I. The molecule has 2 aromatic heterocycles. The summed E-state index contributed by atoms with van der Waals surface area (Å²) in [6.07, 6.45) is 6.19. The molecule has 0 unspecified atom stereocenters. The normalized spacial score (nSPS) is 9.50. The molecule has 32 heavy (non-hydrogen) atoms. The van der Waals surface area contributed by atoms with E-state index in [2.05, 4.69) is 19.4 Å². The summed E-state index contributed by atoms with van der Waals surface area (Å²) in [6.45, 7) is 0. The number of aromatic nitrogens is 2. The third-order valence-corrected chi connectivity index (χ3v) is 5.25. The van der Waals surface area contributed by atoms with Gasteiger partial charge in [0, 0.05) is 24.8 Å². The van der Waals surface area contributed by atoms with Gasteiger partial charge in [-0.25, -0.2) is 27.2 Å². The van der Waals surface area contributed by atoms with Crippen molar-refractivity contribution in [2.45, 2.75) is 0 Å². The molecule has 0 amide bonds. The summed E-state index contributed by atoms with van der Waals surface area (Å²) in [5.41, 5.74) is 1.05. The number of esters is 2. The fraction of sp³-hybridized carbons (Fsp3) is 0.100. The molecule has 2 heterocycles. The summed E-state index contributed by atoms with van der Waals surface area (Å²) in [5, 5.41) is 0. The number of nitrogens with zero attached hydrogens (tertiary/aromatic N) is 2. The fourth-order valence-electron chi connectivity index (χ4n) is 1.79. The van der Waals surface area contributed by atoms with E-state index in [0.717, 1.165) is 0 Å². The summed E-state index contributed by atoms with van der Waals surface area (Å²) < 4.78 is 58.2. The molecule has 0 saturated carbocycles. The van der Waals surface area contributed by atoms with Gasteiger partial charge >= 0.3 is 11.9 Å². The van der Waals surface area contributed by atoms with E-state index >= 15 is 0 Å². The van der Waals surface area contributed by atoms with Crippen LogP contribution in [-0.4, -0.2) is 36.1 Å². The van der Waals surface area contributed by atoms with Crippen LogP contribution in [0.4, 0.5) is 17.6 Å². The van der Waals surface area contributed by atoms with E-state index in [9.17, 15) is 27.2 Å². The molecule has 0 N–H and O–H groups in total. The van der Waals surface area contributed by atoms with Crippen LogP contribution in [0.25, 0.3) is 0 Å². The Morgan fingerprint density at radius 2 is 0.906 bits per heavy atom. The summed E-state index contributed by atoms with van der Waals surface area (Å²) in [7, 11) is 2.70. The van der Waals surface area contributed by atoms with Crippen molar-refractivity contribution in [3.8, 4) is 0 Å². The zero-order valence-electron chi connectivity index (χ0n) is 16.4. The highest BCUT2D eigenvalue weighted by Gasteiger charge is 2.21. The lowest BCUT2D eigenvalue weighted by Gasteiger charge is -2.02. The van der Waals surface area contributed by atoms with Crippen LogP contribution in [0.5, 0.6) is 0 Å². The van der Waals surface area contributed by atoms with Crippen molar-refractivity contribution < 1.29 is 36.6 Å². The van der Waals surface area contributed by atoms with Crippen LogP contribution in [0.3, 0.4) is 0 Å². The van der Waals surface area contributed by atoms with Gasteiger partial charge in [0.1, 0.15) is 0 Å². The fourth-order valence-corrected chi connectivity index (χ4v) is 2.74. The Balaban J connectivity index is 0.000000241. The average Bonchev–Trinajstić information content (AvgIpc) is 2.86. The van der Waals surface area contributed by atoms with Gasteiger partial charge in [0.2, 0.25) is 0 Å². The molecule has 0 fully saturated rings. The predicted molar refractivity (Wildman–Crippen MR) is 123 cm³/mol. The zero-order chi connectivity index (χ0) is 24.3. The van der Waals surface area contributed by atoms with E-state index in [-0.39, 0.29) is 11.9 Å². The Kier molecular flexibility index (Phi) is 12.0. The van der Waals surface area contributed by atoms with Gasteiger partial charge in [0.25, 0.3) is 0 Å². The molecule has 12 heteroatoms. The van der Waals surface area contributed by atoms with Crippen molar-refractivity contribution >= 4 is 57.1 Å². The van der Waals surface area contributed by atoms with Crippen molar-refractivity contribution in [2.75, 3.05) is 14.2 Å². The van der Waals surface area contributed by atoms with Crippen LogP contribution in [0.15, 0.2) is 49.1 Å². The quantitative estimate of drug-likeness (QED) is 0.122. The molecular formula is C20H14F4I2N2O4. The van der Waals surface area contributed by atoms with Gasteiger partial charge < -0.3 is 9.47 Å². The number of rotatable bonds is 2. The molecule has 3 aromatic rings. The molecule has 0 saturated heterocycles. The molecule has 0 bridgehead atoms. The highest BCUT2D eigenvalue weighted by atomic mass is 127. The number of benzene rings is 1. The Morgan fingerprint density at radius 1 is 0.656 bits per heavy atom. The molecule has 0 aliphatic heterocycles. The molecule has 0 atom stereocenters. The van der Waals surface area contributed by atoms with Gasteiger partial charge in [-0.3, -0.25) is 9.97 Å². The number of carbonyl (C=O) groups is 2. The second-order valence-electron chi connectivity index (χ2n) is 5.34. The Bertz CT molecular complexity index is 902. The van der Waals surface area contributed by atoms with Crippen molar-refractivity contribution in [2.24, 2.45) is 0 Å². The van der Waals surface area contributed by atoms with Crippen LogP contribution >= 0.6 is 45.2 Å². The Hall–Kier alpha value is -2.36.